The zero-order valence-electron chi connectivity index (χ0n) is 12.1. The highest BCUT2D eigenvalue weighted by Crippen LogP contribution is 2.34. The Bertz CT molecular complexity index is 593. The Morgan fingerprint density at radius 1 is 1.15 bits per heavy atom. The third-order valence-corrected chi connectivity index (χ3v) is 4.24. The molecule has 2 aromatic carbocycles. The molecule has 2 nitrogen and oxygen atoms in total. The quantitative estimate of drug-likeness (QED) is 0.892. The molecule has 104 valence electrons. The second-order valence-corrected chi connectivity index (χ2v) is 5.47. The Labute approximate surface area is 120 Å². The fourth-order valence-corrected chi connectivity index (χ4v) is 3.00. The van der Waals surface area contributed by atoms with Crippen molar-refractivity contribution in [3.05, 3.63) is 65.2 Å². The minimum Gasteiger partial charge on any atom is -0.496 e. The van der Waals surface area contributed by atoms with Gasteiger partial charge in [-0.05, 0) is 30.5 Å². The van der Waals surface area contributed by atoms with Crippen LogP contribution in [0.15, 0.2) is 48.5 Å². The highest BCUT2D eigenvalue weighted by atomic mass is 16.5. The van der Waals surface area contributed by atoms with Crippen molar-refractivity contribution >= 4 is 0 Å². The fraction of sp³-hybridized carbons (Fsp3) is 0.333. The molecule has 0 heterocycles. The van der Waals surface area contributed by atoms with E-state index in [1.807, 2.05) is 12.1 Å². The first kappa shape index (κ1) is 13.2. The van der Waals surface area contributed by atoms with E-state index in [1.165, 1.54) is 23.1 Å². The molecule has 2 atom stereocenters. The second kappa shape index (κ2) is 5.68. The van der Waals surface area contributed by atoms with Gasteiger partial charge in [-0.1, -0.05) is 42.5 Å². The molecule has 20 heavy (non-hydrogen) atoms. The number of ether oxygens (including phenoxy) is 1. The van der Waals surface area contributed by atoms with Gasteiger partial charge >= 0.3 is 0 Å². The van der Waals surface area contributed by atoms with Crippen molar-refractivity contribution in [1.82, 2.24) is 5.32 Å². The van der Waals surface area contributed by atoms with Gasteiger partial charge in [0.1, 0.15) is 5.75 Å². The topological polar surface area (TPSA) is 21.3 Å². The summed E-state index contributed by atoms with van der Waals surface area (Å²) in [4.78, 5) is 0. The van der Waals surface area contributed by atoms with Crippen molar-refractivity contribution in [3.8, 4) is 5.75 Å². The molecule has 1 aliphatic rings. The van der Waals surface area contributed by atoms with E-state index in [0.29, 0.717) is 12.0 Å². The summed E-state index contributed by atoms with van der Waals surface area (Å²) in [7, 11) is 1.73. The lowest BCUT2D eigenvalue weighted by atomic mass is 9.77. The predicted octanol–water partition coefficient (Wildman–Crippen LogP) is 3.69. The standard InChI is InChI=1S/C18H21NO/c1-13(16-8-5-6-10-18(16)20-2)19-12-15-11-14-7-3-4-9-17(14)15/h3-10,13,15,19H,11-12H2,1-2H3/t13-,15?/m0/s1. The van der Waals surface area contributed by atoms with Crippen LogP contribution in [0.1, 0.15) is 35.6 Å². The fourth-order valence-electron chi connectivity index (χ4n) is 3.00. The van der Waals surface area contributed by atoms with Gasteiger partial charge in [0.05, 0.1) is 7.11 Å². The minimum atomic E-state index is 0.305. The van der Waals surface area contributed by atoms with E-state index in [0.717, 1.165) is 12.3 Å². The molecule has 0 bridgehead atoms. The van der Waals surface area contributed by atoms with Crippen LogP contribution in [0.3, 0.4) is 0 Å². The molecular weight excluding hydrogens is 246 g/mol. The third-order valence-electron chi connectivity index (χ3n) is 4.24. The van der Waals surface area contributed by atoms with E-state index in [-0.39, 0.29) is 0 Å². The van der Waals surface area contributed by atoms with Gasteiger partial charge in [0.2, 0.25) is 0 Å². The van der Waals surface area contributed by atoms with E-state index in [2.05, 4.69) is 48.6 Å². The molecule has 2 heteroatoms. The maximum absolute atomic E-state index is 5.43. The molecule has 0 fully saturated rings. The van der Waals surface area contributed by atoms with Crippen molar-refractivity contribution in [2.45, 2.75) is 25.3 Å². The normalized spacial score (nSPS) is 18.0. The molecular formula is C18H21NO. The van der Waals surface area contributed by atoms with Crippen LogP contribution in [0, 0.1) is 0 Å². The summed E-state index contributed by atoms with van der Waals surface area (Å²) in [6.45, 7) is 3.22. The highest BCUT2D eigenvalue weighted by Gasteiger charge is 2.25. The van der Waals surface area contributed by atoms with Gasteiger partial charge < -0.3 is 10.1 Å². The number of nitrogens with one attached hydrogen (secondary N) is 1. The lowest BCUT2D eigenvalue weighted by Gasteiger charge is -2.31. The SMILES string of the molecule is COc1ccccc1[C@H](C)NCC1Cc2ccccc21. The zero-order chi connectivity index (χ0) is 13.9. The molecule has 2 aromatic rings. The van der Waals surface area contributed by atoms with Gasteiger partial charge in [0.15, 0.2) is 0 Å². The summed E-state index contributed by atoms with van der Waals surface area (Å²) in [6, 6.07) is 17.3. The third kappa shape index (κ3) is 2.44. The van der Waals surface area contributed by atoms with Crippen molar-refractivity contribution in [1.29, 1.82) is 0 Å². The number of fused-ring (bicyclic) bond motifs is 1. The van der Waals surface area contributed by atoms with E-state index in [9.17, 15) is 0 Å². The second-order valence-electron chi connectivity index (χ2n) is 5.47. The van der Waals surface area contributed by atoms with Gasteiger partial charge in [-0.3, -0.25) is 0 Å². The molecule has 0 spiro atoms. The van der Waals surface area contributed by atoms with E-state index >= 15 is 0 Å². The van der Waals surface area contributed by atoms with E-state index < -0.39 is 0 Å². The smallest absolute Gasteiger partial charge is 0.123 e. The van der Waals surface area contributed by atoms with Crippen molar-refractivity contribution in [3.63, 3.8) is 0 Å². The van der Waals surface area contributed by atoms with Gasteiger partial charge in [0, 0.05) is 24.1 Å². The van der Waals surface area contributed by atoms with Crippen LogP contribution >= 0.6 is 0 Å². The highest BCUT2D eigenvalue weighted by molar-refractivity contribution is 5.40. The minimum absolute atomic E-state index is 0.305. The van der Waals surface area contributed by atoms with Crippen LogP contribution < -0.4 is 10.1 Å². The van der Waals surface area contributed by atoms with Crippen LogP contribution in [0.25, 0.3) is 0 Å². The van der Waals surface area contributed by atoms with Crippen LogP contribution in [-0.2, 0) is 6.42 Å². The zero-order valence-corrected chi connectivity index (χ0v) is 12.1. The van der Waals surface area contributed by atoms with Crippen molar-refractivity contribution < 1.29 is 4.74 Å². The molecule has 0 amide bonds. The molecule has 1 unspecified atom stereocenters. The van der Waals surface area contributed by atoms with Crippen molar-refractivity contribution in [2.75, 3.05) is 13.7 Å². The van der Waals surface area contributed by atoms with Crippen molar-refractivity contribution in [2.24, 2.45) is 0 Å². The average molecular weight is 267 g/mol. The summed E-state index contributed by atoms with van der Waals surface area (Å²) in [5.74, 6) is 1.62. The molecule has 0 radical (unpaired) electrons. The van der Waals surface area contributed by atoms with E-state index in [1.54, 1.807) is 7.11 Å². The molecule has 0 saturated heterocycles. The Kier molecular flexibility index (Phi) is 3.75. The summed E-state index contributed by atoms with van der Waals surface area (Å²) < 4.78 is 5.43. The molecule has 1 aliphatic carbocycles. The largest absolute Gasteiger partial charge is 0.496 e. The van der Waals surface area contributed by atoms with Crippen LogP contribution in [0.4, 0.5) is 0 Å². The van der Waals surface area contributed by atoms with Gasteiger partial charge in [0.25, 0.3) is 0 Å². The first-order valence-electron chi connectivity index (χ1n) is 7.23. The first-order valence-corrected chi connectivity index (χ1v) is 7.23. The van der Waals surface area contributed by atoms with Gasteiger partial charge in [-0.15, -0.1) is 0 Å². The van der Waals surface area contributed by atoms with Crippen LogP contribution in [-0.4, -0.2) is 13.7 Å². The van der Waals surface area contributed by atoms with Gasteiger partial charge in [-0.2, -0.15) is 0 Å². The Morgan fingerprint density at radius 3 is 2.70 bits per heavy atom. The monoisotopic (exact) mass is 267 g/mol. The maximum atomic E-state index is 5.43. The Hall–Kier alpha value is -1.80. The lowest BCUT2D eigenvalue weighted by Crippen LogP contribution is -2.30. The maximum Gasteiger partial charge on any atom is 0.123 e. The molecule has 1 N–H and O–H groups in total. The Balaban J connectivity index is 1.62. The lowest BCUT2D eigenvalue weighted by molar-refractivity contribution is 0.398. The van der Waals surface area contributed by atoms with Crippen LogP contribution in [0.2, 0.25) is 0 Å². The predicted molar refractivity (Wildman–Crippen MR) is 82.3 cm³/mol. The first-order chi connectivity index (χ1) is 9.79. The number of methoxy groups -OCH3 is 1. The summed E-state index contributed by atoms with van der Waals surface area (Å²) >= 11 is 0. The number of hydrogen-bond donors (Lipinski definition) is 1. The summed E-state index contributed by atoms with van der Waals surface area (Å²) in [5.41, 5.74) is 4.24. The summed E-state index contributed by atoms with van der Waals surface area (Å²) in [6.07, 6.45) is 1.20. The average Bonchev–Trinajstić information content (AvgIpc) is 2.48. The molecule has 0 saturated carbocycles. The molecule has 3 rings (SSSR count). The number of rotatable bonds is 5. The summed E-state index contributed by atoms with van der Waals surface area (Å²) in [5, 5.41) is 3.64. The van der Waals surface area contributed by atoms with E-state index in [4.69, 9.17) is 4.74 Å². The molecule has 0 aromatic heterocycles. The Morgan fingerprint density at radius 2 is 1.90 bits per heavy atom. The number of hydrogen-bond acceptors (Lipinski definition) is 2. The van der Waals surface area contributed by atoms with Crippen LogP contribution in [0.5, 0.6) is 5.75 Å². The number of benzene rings is 2. The number of para-hydroxylation sites is 1. The molecule has 0 aliphatic heterocycles. The van der Waals surface area contributed by atoms with Gasteiger partial charge in [-0.25, -0.2) is 0 Å².